The van der Waals surface area contributed by atoms with Crippen LogP contribution in [-0.4, -0.2) is 30.6 Å². The summed E-state index contributed by atoms with van der Waals surface area (Å²) in [5, 5.41) is 14.5. The fraction of sp³-hybridized carbons (Fsp3) is 0.174. The molecule has 0 aromatic heterocycles. The Morgan fingerprint density at radius 3 is 2.26 bits per heavy atom. The molecule has 3 rings (SSSR count). The summed E-state index contributed by atoms with van der Waals surface area (Å²) in [6, 6.07) is 16.8. The van der Waals surface area contributed by atoms with Gasteiger partial charge in [0, 0.05) is 33.8 Å². The Kier molecular flexibility index (Phi) is 8.11. The monoisotopic (exact) mass is 609 g/mol. The second kappa shape index (κ2) is 10.7. The van der Waals surface area contributed by atoms with Gasteiger partial charge in [-0.15, -0.1) is 0 Å². The van der Waals surface area contributed by atoms with Crippen molar-refractivity contribution in [1.82, 2.24) is 4.31 Å². The molecule has 34 heavy (non-hydrogen) atoms. The topological polar surface area (TPSA) is 110 Å². The molecule has 1 N–H and O–H groups in total. The summed E-state index contributed by atoms with van der Waals surface area (Å²) in [5.41, 5.74) is 1.87. The molecular formula is C23H21Br2N3O5S. The van der Waals surface area contributed by atoms with Crippen LogP contribution in [0.4, 0.5) is 11.4 Å². The van der Waals surface area contributed by atoms with Crippen molar-refractivity contribution in [3.05, 3.63) is 96.9 Å². The van der Waals surface area contributed by atoms with Crippen LogP contribution >= 0.6 is 31.9 Å². The third-order valence-corrected chi connectivity index (χ3v) is 7.80. The maximum absolute atomic E-state index is 13.1. The normalized spacial score (nSPS) is 12.1. The highest BCUT2D eigenvalue weighted by Crippen LogP contribution is 2.30. The lowest BCUT2D eigenvalue weighted by molar-refractivity contribution is -0.384. The van der Waals surface area contributed by atoms with Gasteiger partial charge < -0.3 is 5.32 Å². The Hall–Kier alpha value is -2.76. The fourth-order valence-corrected chi connectivity index (χ4v) is 5.68. The minimum absolute atomic E-state index is 0.00438. The Morgan fingerprint density at radius 1 is 1.06 bits per heavy atom. The van der Waals surface area contributed by atoms with E-state index in [0.29, 0.717) is 15.6 Å². The van der Waals surface area contributed by atoms with Crippen molar-refractivity contribution >= 4 is 59.2 Å². The first-order valence-electron chi connectivity index (χ1n) is 10.0. The third kappa shape index (κ3) is 6.22. The van der Waals surface area contributed by atoms with E-state index in [4.69, 9.17) is 0 Å². The lowest BCUT2D eigenvalue weighted by atomic mass is 10.0. The first kappa shape index (κ1) is 25.9. The van der Waals surface area contributed by atoms with Gasteiger partial charge in [-0.05, 0) is 42.8 Å². The van der Waals surface area contributed by atoms with Gasteiger partial charge in [0.05, 0.1) is 22.3 Å². The summed E-state index contributed by atoms with van der Waals surface area (Å²) in [7, 11) is -2.85. The predicted octanol–water partition coefficient (Wildman–Crippen LogP) is 5.82. The SMILES string of the molecule is Cc1ccc(S(=O)(=O)N(C)C(=O)C[C@H](Nc2cc(Br)cc(Br)c2)c2cccc([N+](=O)[O-])c2)cc1. The van der Waals surface area contributed by atoms with Gasteiger partial charge in [-0.1, -0.05) is 61.7 Å². The van der Waals surface area contributed by atoms with Crippen LogP contribution in [0.25, 0.3) is 0 Å². The van der Waals surface area contributed by atoms with Crippen LogP contribution in [-0.2, 0) is 14.8 Å². The number of nitrogens with one attached hydrogen (secondary N) is 1. The molecule has 1 amide bonds. The summed E-state index contributed by atoms with van der Waals surface area (Å²) in [6.45, 7) is 1.83. The third-order valence-electron chi connectivity index (χ3n) is 5.10. The molecule has 0 aliphatic rings. The van der Waals surface area contributed by atoms with Gasteiger partial charge in [0.25, 0.3) is 15.7 Å². The summed E-state index contributed by atoms with van der Waals surface area (Å²) >= 11 is 6.81. The number of halogens is 2. The average molecular weight is 611 g/mol. The van der Waals surface area contributed by atoms with Crippen molar-refractivity contribution in [1.29, 1.82) is 0 Å². The zero-order chi connectivity index (χ0) is 25.0. The molecule has 178 valence electrons. The molecule has 3 aromatic carbocycles. The van der Waals surface area contributed by atoms with E-state index in [9.17, 15) is 23.3 Å². The Labute approximate surface area is 214 Å². The molecule has 3 aromatic rings. The van der Waals surface area contributed by atoms with Gasteiger partial charge in [-0.2, -0.15) is 0 Å². The number of hydrogen-bond acceptors (Lipinski definition) is 6. The molecule has 0 bridgehead atoms. The van der Waals surface area contributed by atoms with E-state index >= 15 is 0 Å². The van der Waals surface area contributed by atoms with Crippen LogP contribution < -0.4 is 5.32 Å². The lowest BCUT2D eigenvalue weighted by Crippen LogP contribution is -2.35. The van der Waals surface area contributed by atoms with E-state index in [1.165, 1.54) is 37.4 Å². The van der Waals surface area contributed by atoms with Gasteiger partial charge in [0.1, 0.15) is 0 Å². The summed E-state index contributed by atoms with van der Waals surface area (Å²) < 4.78 is 28.2. The van der Waals surface area contributed by atoms with Crippen LogP contribution in [0.1, 0.15) is 23.6 Å². The first-order valence-corrected chi connectivity index (χ1v) is 13.1. The highest BCUT2D eigenvalue weighted by molar-refractivity contribution is 9.11. The largest absolute Gasteiger partial charge is 0.378 e. The van der Waals surface area contributed by atoms with Crippen LogP contribution in [0.5, 0.6) is 0 Å². The average Bonchev–Trinajstić information content (AvgIpc) is 2.77. The fourth-order valence-electron chi connectivity index (χ4n) is 3.25. The van der Waals surface area contributed by atoms with E-state index in [1.807, 2.05) is 13.0 Å². The number of sulfonamides is 1. The summed E-state index contributed by atoms with van der Waals surface area (Å²) in [4.78, 5) is 23.9. The number of nitro benzene ring substituents is 1. The Morgan fingerprint density at radius 2 is 1.68 bits per heavy atom. The van der Waals surface area contributed by atoms with E-state index < -0.39 is 26.9 Å². The van der Waals surface area contributed by atoms with Crippen molar-refractivity contribution in [2.24, 2.45) is 0 Å². The Balaban J connectivity index is 1.94. The number of benzene rings is 3. The van der Waals surface area contributed by atoms with E-state index in [-0.39, 0.29) is 17.0 Å². The second-order valence-electron chi connectivity index (χ2n) is 7.59. The number of nitrogens with zero attached hydrogens (tertiary/aromatic N) is 2. The van der Waals surface area contributed by atoms with Crippen LogP contribution in [0, 0.1) is 17.0 Å². The molecule has 0 spiro atoms. The standard InChI is InChI=1S/C23H21Br2N3O5S/c1-15-6-8-21(9-7-15)34(32,33)27(2)23(29)14-22(16-4-3-5-20(10-16)28(30)31)26-19-12-17(24)11-18(25)13-19/h3-13,22,26H,14H2,1-2H3/t22-/m0/s1. The number of hydrogen-bond donors (Lipinski definition) is 1. The molecule has 0 saturated carbocycles. The van der Waals surface area contributed by atoms with Crippen molar-refractivity contribution in [2.75, 3.05) is 12.4 Å². The van der Waals surface area contributed by atoms with Crippen molar-refractivity contribution in [2.45, 2.75) is 24.3 Å². The van der Waals surface area contributed by atoms with Crippen LogP contribution in [0.2, 0.25) is 0 Å². The van der Waals surface area contributed by atoms with Gasteiger partial charge in [-0.25, -0.2) is 12.7 Å². The van der Waals surface area contributed by atoms with Gasteiger partial charge >= 0.3 is 0 Å². The molecule has 0 aliphatic heterocycles. The van der Waals surface area contributed by atoms with Gasteiger partial charge in [-0.3, -0.25) is 14.9 Å². The van der Waals surface area contributed by atoms with Crippen molar-refractivity contribution < 1.29 is 18.1 Å². The van der Waals surface area contributed by atoms with Crippen molar-refractivity contribution in [3.8, 4) is 0 Å². The molecule has 8 nitrogen and oxygen atoms in total. The number of anilines is 1. The van der Waals surface area contributed by atoms with Gasteiger partial charge in [0.15, 0.2) is 0 Å². The molecule has 0 saturated heterocycles. The van der Waals surface area contributed by atoms with Gasteiger partial charge in [0.2, 0.25) is 5.91 Å². The summed E-state index contributed by atoms with van der Waals surface area (Å²) in [5.74, 6) is -0.668. The van der Waals surface area contributed by atoms with Crippen LogP contribution in [0.3, 0.4) is 0 Å². The minimum atomic E-state index is -4.06. The number of carbonyl (C=O) groups excluding carboxylic acids is 1. The number of nitro groups is 1. The number of amides is 1. The number of non-ortho nitro benzene ring substituents is 1. The van der Waals surface area contributed by atoms with Crippen molar-refractivity contribution in [3.63, 3.8) is 0 Å². The second-order valence-corrected chi connectivity index (χ2v) is 11.4. The highest BCUT2D eigenvalue weighted by Gasteiger charge is 2.28. The lowest BCUT2D eigenvalue weighted by Gasteiger charge is -2.24. The molecule has 0 unspecified atom stereocenters. The molecule has 0 radical (unpaired) electrons. The number of rotatable bonds is 8. The van der Waals surface area contributed by atoms with E-state index in [1.54, 1.807) is 30.3 Å². The summed E-state index contributed by atoms with van der Waals surface area (Å²) in [6.07, 6.45) is -0.257. The van der Waals surface area contributed by atoms with E-state index in [2.05, 4.69) is 37.2 Å². The molecule has 11 heteroatoms. The predicted molar refractivity (Wildman–Crippen MR) is 137 cm³/mol. The number of aryl methyl sites for hydroxylation is 1. The molecular weight excluding hydrogens is 590 g/mol. The number of carbonyl (C=O) groups is 1. The van der Waals surface area contributed by atoms with Crippen LogP contribution in [0.15, 0.2) is 80.6 Å². The maximum atomic E-state index is 13.1. The zero-order valence-electron chi connectivity index (χ0n) is 18.2. The first-order chi connectivity index (χ1) is 16.0. The molecule has 1 atom stereocenters. The smallest absolute Gasteiger partial charge is 0.269 e. The highest BCUT2D eigenvalue weighted by atomic mass is 79.9. The Bertz CT molecular complexity index is 1310. The molecule has 0 heterocycles. The molecule has 0 aliphatic carbocycles. The van der Waals surface area contributed by atoms with E-state index in [0.717, 1.165) is 14.5 Å². The maximum Gasteiger partial charge on any atom is 0.269 e. The quantitative estimate of drug-likeness (QED) is 0.254. The minimum Gasteiger partial charge on any atom is -0.378 e. The zero-order valence-corrected chi connectivity index (χ0v) is 22.2. The molecule has 0 fully saturated rings.